The van der Waals surface area contributed by atoms with Crippen LogP contribution in [0.5, 0.6) is 0 Å². The Morgan fingerprint density at radius 3 is 2.50 bits per heavy atom. The van der Waals surface area contributed by atoms with Gasteiger partial charge in [0.05, 0.1) is 12.1 Å². The summed E-state index contributed by atoms with van der Waals surface area (Å²) in [6.07, 6.45) is 0.776. The van der Waals surface area contributed by atoms with Crippen LogP contribution < -0.4 is 10.6 Å². The molecule has 0 aliphatic carbocycles. The highest BCUT2D eigenvalue weighted by molar-refractivity contribution is 5.87. The summed E-state index contributed by atoms with van der Waals surface area (Å²) in [5.74, 6) is -1.60. The molecule has 1 heterocycles. The number of nitrogens with one attached hydrogen (secondary N) is 2. The molecule has 104 valence electrons. The fourth-order valence-electron chi connectivity index (χ4n) is 2.28. The van der Waals surface area contributed by atoms with Gasteiger partial charge in [-0.3, -0.25) is 4.79 Å². The van der Waals surface area contributed by atoms with E-state index in [1.165, 1.54) is 6.92 Å². The van der Waals surface area contributed by atoms with Crippen LogP contribution in [0.1, 0.15) is 33.6 Å². The van der Waals surface area contributed by atoms with Crippen molar-refractivity contribution < 1.29 is 19.8 Å². The van der Waals surface area contributed by atoms with Gasteiger partial charge in [-0.05, 0) is 31.7 Å². The molecule has 0 saturated carbocycles. The molecule has 3 atom stereocenters. The van der Waals surface area contributed by atoms with E-state index in [0.717, 1.165) is 19.4 Å². The number of rotatable bonds is 4. The molecule has 4 N–H and O–H groups in total. The molecule has 1 rings (SSSR count). The van der Waals surface area contributed by atoms with Crippen LogP contribution in [0.2, 0.25) is 0 Å². The van der Waals surface area contributed by atoms with E-state index in [-0.39, 0.29) is 11.3 Å². The summed E-state index contributed by atoms with van der Waals surface area (Å²) >= 11 is 0. The van der Waals surface area contributed by atoms with Crippen LogP contribution in [0.15, 0.2) is 0 Å². The minimum Gasteiger partial charge on any atom is -0.480 e. The van der Waals surface area contributed by atoms with Crippen molar-refractivity contribution in [1.82, 2.24) is 10.6 Å². The maximum Gasteiger partial charge on any atom is 0.328 e. The molecule has 0 radical (unpaired) electrons. The van der Waals surface area contributed by atoms with Gasteiger partial charge in [-0.1, -0.05) is 13.8 Å². The number of carbonyl (C=O) groups is 2. The lowest BCUT2D eigenvalue weighted by Crippen LogP contribution is -2.59. The number of aliphatic hydroxyl groups excluding tert-OH is 1. The number of hydrogen-bond donors (Lipinski definition) is 4. The third-order valence-electron chi connectivity index (χ3n) is 3.44. The number of aliphatic carboxylic acids is 1. The Morgan fingerprint density at radius 1 is 1.44 bits per heavy atom. The predicted octanol–water partition coefficient (Wildman–Crippen LogP) is -0.285. The molecule has 6 heteroatoms. The maximum atomic E-state index is 12.1. The summed E-state index contributed by atoms with van der Waals surface area (Å²) in [4.78, 5) is 23.0. The minimum atomic E-state index is -1.27. The van der Waals surface area contributed by atoms with Crippen LogP contribution in [0.25, 0.3) is 0 Å². The van der Waals surface area contributed by atoms with Gasteiger partial charge in [0.2, 0.25) is 5.91 Å². The van der Waals surface area contributed by atoms with Crippen LogP contribution in [-0.2, 0) is 9.59 Å². The van der Waals surface area contributed by atoms with Gasteiger partial charge < -0.3 is 20.8 Å². The Kier molecular flexibility index (Phi) is 4.70. The molecular formula is C12H22N2O4. The summed E-state index contributed by atoms with van der Waals surface area (Å²) < 4.78 is 0. The van der Waals surface area contributed by atoms with Crippen molar-refractivity contribution in [1.29, 1.82) is 0 Å². The van der Waals surface area contributed by atoms with Gasteiger partial charge in [-0.15, -0.1) is 0 Å². The average Bonchev–Trinajstić information content (AvgIpc) is 2.23. The van der Waals surface area contributed by atoms with Gasteiger partial charge in [-0.2, -0.15) is 0 Å². The summed E-state index contributed by atoms with van der Waals surface area (Å²) in [5.41, 5.74) is -0.218. The molecule has 18 heavy (non-hydrogen) atoms. The molecule has 0 aromatic carbocycles. The maximum absolute atomic E-state index is 12.1. The second kappa shape index (κ2) is 5.67. The van der Waals surface area contributed by atoms with Crippen LogP contribution in [0.4, 0.5) is 0 Å². The zero-order chi connectivity index (χ0) is 13.9. The first-order valence-electron chi connectivity index (χ1n) is 6.20. The minimum absolute atomic E-state index is 0.218. The predicted molar refractivity (Wildman–Crippen MR) is 66.1 cm³/mol. The zero-order valence-electron chi connectivity index (χ0n) is 11.1. The Labute approximate surface area is 107 Å². The number of hydrogen-bond acceptors (Lipinski definition) is 4. The summed E-state index contributed by atoms with van der Waals surface area (Å²) in [5, 5.41) is 23.8. The van der Waals surface area contributed by atoms with Crippen LogP contribution in [0.3, 0.4) is 0 Å². The number of aliphatic hydroxyl groups is 1. The lowest BCUT2D eigenvalue weighted by atomic mass is 9.77. The summed E-state index contributed by atoms with van der Waals surface area (Å²) in [6.45, 7) is 6.04. The average molecular weight is 258 g/mol. The standard InChI is InChI=1S/C12H22N2O4/c1-7(15)8(11(17)18)14-10(16)9-12(2,3)5-4-6-13-9/h7-9,13,15H,4-6H2,1-3H3,(H,14,16)(H,17,18)/t7-,8+,9?/m1/s1. The molecule has 1 aliphatic heterocycles. The van der Waals surface area contributed by atoms with E-state index in [2.05, 4.69) is 10.6 Å². The molecule has 1 unspecified atom stereocenters. The molecule has 1 saturated heterocycles. The Morgan fingerprint density at radius 2 is 2.06 bits per heavy atom. The second-order valence-corrected chi connectivity index (χ2v) is 5.54. The van der Waals surface area contributed by atoms with Gasteiger partial charge in [0.15, 0.2) is 6.04 Å². The Balaban J connectivity index is 2.71. The summed E-state index contributed by atoms with van der Waals surface area (Å²) in [7, 11) is 0. The highest BCUT2D eigenvalue weighted by Gasteiger charge is 2.39. The van der Waals surface area contributed by atoms with Gasteiger partial charge in [0, 0.05) is 0 Å². The number of carbonyl (C=O) groups excluding carboxylic acids is 1. The number of carboxylic acids is 1. The van der Waals surface area contributed by atoms with E-state index in [1.807, 2.05) is 13.8 Å². The largest absolute Gasteiger partial charge is 0.480 e. The summed E-state index contributed by atoms with van der Waals surface area (Å²) in [6, 6.07) is -1.69. The first-order valence-corrected chi connectivity index (χ1v) is 6.20. The van der Waals surface area contributed by atoms with Crippen molar-refractivity contribution in [3.05, 3.63) is 0 Å². The fourth-order valence-corrected chi connectivity index (χ4v) is 2.28. The molecule has 0 aromatic heterocycles. The van der Waals surface area contributed by atoms with Gasteiger partial charge >= 0.3 is 5.97 Å². The fraction of sp³-hybridized carbons (Fsp3) is 0.833. The van der Waals surface area contributed by atoms with E-state index in [1.54, 1.807) is 0 Å². The number of piperidine rings is 1. The van der Waals surface area contributed by atoms with Crippen LogP contribution in [-0.4, -0.2) is 46.8 Å². The van der Waals surface area contributed by atoms with Crippen molar-refractivity contribution in [2.75, 3.05) is 6.54 Å². The van der Waals surface area contributed by atoms with E-state index < -0.39 is 24.2 Å². The van der Waals surface area contributed by atoms with E-state index in [0.29, 0.717) is 0 Å². The molecule has 1 fully saturated rings. The molecule has 1 amide bonds. The molecule has 0 aromatic rings. The quantitative estimate of drug-likeness (QED) is 0.555. The van der Waals surface area contributed by atoms with Gasteiger partial charge in [0.1, 0.15) is 0 Å². The second-order valence-electron chi connectivity index (χ2n) is 5.54. The van der Waals surface area contributed by atoms with E-state index >= 15 is 0 Å². The van der Waals surface area contributed by atoms with E-state index in [4.69, 9.17) is 5.11 Å². The number of amides is 1. The topological polar surface area (TPSA) is 98.7 Å². The van der Waals surface area contributed by atoms with Crippen molar-refractivity contribution >= 4 is 11.9 Å². The van der Waals surface area contributed by atoms with Gasteiger partial charge in [0.25, 0.3) is 0 Å². The number of carboxylic acid groups (broad SMARTS) is 1. The van der Waals surface area contributed by atoms with Crippen molar-refractivity contribution in [3.63, 3.8) is 0 Å². The lowest BCUT2D eigenvalue weighted by Gasteiger charge is -2.38. The van der Waals surface area contributed by atoms with Crippen molar-refractivity contribution in [2.45, 2.75) is 51.8 Å². The van der Waals surface area contributed by atoms with Crippen molar-refractivity contribution in [2.24, 2.45) is 5.41 Å². The SMILES string of the molecule is C[C@@H](O)[C@H](NC(=O)C1NCCCC1(C)C)C(=O)O. The van der Waals surface area contributed by atoms with Crippen molar-refractivity contribution in [3.8, 4) is 0 Å². The smallest absolute Gasteiger partial charge is 0.328 e. The highest BCUT2D eigenvalue weighted by Crippen LogP contribution is 2.30. The van der Waals surface area contributed by atoms with Gasteiger partial charge in [-0.25, -0.2) is 4.79 Å². The normalized spacial score (nSPS) is 26.1. The molecule has 1 aliphatic rings. The highest BCUT2D eigenvalue weighted by atomic mass is 16.4. The Hall–Kier alpha value is -1.14. The molecule has 0 bridgehead atoms. The first-order chi connectivity index (χ1) is 8.25. The third-order valence-corrected chi connectivity index (χ3v) is 3.44. The molecule has 0 spiro atoms. The van der Waals surface area contributed by atoms with Crippen LogP contribution in [0, 0.1) is 5.41 Å². The molecular weight excluding hydrogens is 236 g/mol. The Bertz CT molecular complexity index is 328. The lowest BCUT2D eigenvalue weighted by molar-refractivity contribution is -0.145. The third kappa shape index (κ3) is 3.43. The van der Waals surface area contributed by atoms with E-state index in [9.17, 15) is 14.7 Å². The monoisotopic (exact) mass is 258 g/mol. The molecule has 6 nitrogen and oxygen atoms in total. The first kappa shape index (κ1) is 14.9. The van der Waals surface area contributed by atoms with Crippen LogP contribution >= 0.6 is 0 Å². The zero-order valence-corrected chi connectivity index (χ0v) is 11.1.